The van der Waals surface area contributed by atoms with Crippen LogP contribution in [0.5, 0.6) is 0 Å². The van der Waals surface area contributed by atoms with Gasteiger partial charge in [-0.05, 0) is 12.8 Å². The van der Waals surface area contributed by atoms with Crippen molar-refractivity contribution in [1.82, 2.24) is 20.4 Å². The predicted octanol–water partition coefficient (Wildman–Crippen LogP) is -0.0561. The Morgan fingerprint density at radius 2 is 2.00 bits per heavy atom. The van der Waals surface area contributed by atoms with Gasteiger partial charge in [-0.25, -0.2) is 4.79 Å². The lowest BCUT2D eigenvalue weighted by atomic mass is 10.1. The lowest BCUT2D eigenvalue weighted by molar-refractivity contribution is -0.127. The number of rotatable bonds is 4. The average Bonchev–Trinajstić information content (AvgIpc) is 2.74. The van der Waals surface area contributed by atoms with Crippen LogP contribution in [0.15, 0.2) is 4.99 Å². The number of aliphatic imine (C=N–C) groups is 1. The Labute approximate surface area is 113 Å². The molecule has 2 atom stereocenters. The second-order valence-corrected chi connectivity index (χ2v) is 4.84. The number of urea groups is 1. The fraction of sp³-hybridized carbons (Fsp3) is 0.750. The fourth-order valence-electron chi connectivity index (χ4n) is 2.42. The number of guanidine groups is 1. The molecule has 2 N–H and O–H groups in total. The molecule has 0 aromatic carbocycles. The van der Waals surface area contributed by atoms with Crippen molar-refractivity contribution in [2.45, 2.75) is 38.9 Å². The maximum absolute atomic E-state index is 12.0. The molecule has 2 fully saturated rings. The van der Waals surface area contributed by atoms with Crippen molar-refractivity contribution in [2.24, 2.45) is 4.99 Å². The Kier molecular flexibility index (Phi) is 3.92. The summed E-state index contributed by atoms with van der Waals surface area (Å²) in [6.45, 7) is 5.56. The number of fused-ring (bicyclic) bond motifs is 1. The number of amides is 3. The lowest BCUT2D eigenvalue weighted by Crippen LogP contribution is -2.64. The van der Waals surface area contributed by atoms with Gasteiger partial charge in [0.1, 0.15) is 6.17 Å². The van der Waals surface area contributed by atoms with E-state index in [0.717, 1.165) is 25.3 Å². The SMILES string of the molecule is CCCN=C1NC2C(C(=O)NC(=O)N2C)N1CCC. The van der Waals surface area contributed by atoms with Crippen molar-refractivity contribution in [1.29, 1.82) is 0 Å². The Morgan fingerprint density at radius 3 is 2.63 bits per heavy atom. The van der Waals surface area contributed by atoms with Crippen molar-refractivity contribution in [3.8, 4) is 0 Å². The van der Waals surface area contributed by atoms with Gasteiger partial charge < -0.3 is 15.1 Å². The normalized spacial score (nSPS) is 28.5. The number of nitrogens with one attached hydrogen (secondary N) is 2. The summed E-state index contributed by atoms with van der Waals surface area (Å²) in [5.74, 6) is 0.464. The van der Waals surface area contributed by atoms with Crippen LogP contribution in [0.1, 0.15) is 26.7 Å². The Hall–Kier alpha value is -1.79. The van der Waals surface area contributed by atoms with Crippen LogP contribution in [0.3, 0.4) is 0 Å². The number of likely N-dealkylation sites (N-methyl/N-ethyl adjacent to an activating group) is 1. The Morgan fingerprint density at radius 1 is 1.26 bits per heavy atom. The van der Waals surface area contributed by atoms with E-state index < -0.39 is 6.04 Å². The van der Waals surface area contributed by atoms with E-state index in [0.29, 0.717) is 6.54 Å². The summed E-state index contributed by atoms with van der Waals surface area (Å²) in [5, 5.41) is 5.57. The molecular formula is C12H21N5O2. The van der Waals surface area contributed by atoms with Gasteiger partial charge in [0.2, 0.25) is 0 Å². The third-order valence-electron chi connectivity index (χ3n) is 3.37. The minimum absolute atomic E-state index is 0.254. The molecule has 19 heavy (non-hydrogen) atoms. The van der Waals surface area contributed by atoms with Crippen LogP contribution in [0.2, 0.25) is 0 Å². The first-order chi connectivity index (χ1) is 9.10. The van der Waals surface area contributed by atoms with Gasteiger partial charge in [0, 0.05) is 20.1 Å². The maximum Gasteiger partial charge on any atom is 0.325 e. The van der Waals surface area contributed by atoms with Crippen LogP contribution in [0.25, 0.3) is 0 Å². The lowest BCUT2D eigenvalue weighted by Gasteiger charge is -2.35. The predicted molar refractivity (Wildman–Crippen MR) is 71.6 cm³/mol. The molecule has 106 valence electrons. The van der Waals surface area contributed by atoms with Crippen molar-refractivity contribution < 1.29 is 9.59 Å². The molecule has 2 saturated heterocycles. The second-order valence-electron chi connectivity index (χ2n) is 4.84. The highest BCUT2D eigenvalue weighted by atomic mass is 16.2. The first-order valence-corrected chi connectivity index (χ1v) is 6.75. The summed E-state index contributed by atoms with van der Waals surface area (Å²) in [6, 6.07) is -0.759. The van der Waals surface area contributed by atoms with E-state index in [1.54, 1.807) is 7.05 Å². The summed E-state index contributed by atoms with van der Waals surface area (Å²) in [4.78, 5) is 31.6. The molecule has 0 aromatic rings. The zero-order valence-electron chi connectivity index (χ0n) is 11.6. The maximum atomic E-state index is 12.0. The molecule has 0 radical (unpaired) electrons. The van der Waals surface area contributed by atoms with Crippen LogP contribution in [0, 0.1) is 0 Å². The smallest absolute Gasteiger partial charge is 0.325 e. The topological polar surface area (TPSA) is 77.0 Å². The summed E-state index contributed by atoms with van der Waals surface area (Å²) < 4.78 is 0. The van der Waals surface area contributed by atoms with Gasteiger partial charge >= 0.3 is 6.03 Å². The van der Waals surface area contributed by atoms with Gasteiger partial charge in [-0.3, -0.25) is 15.1 Å². The molecule has 2 heterocycles. The first kappa shape index (κ1) is 13.6. The third kappa shape index (κ3) is 2.36. The van der Waals surface area contributed by atoms with Gasteiger partial charge in [-0.2, -0.15) is 0 Å². The largest absolute Gasteiger partial charge is 0.334 e. The van der Waals surface area contributed by atoms with E-state index in [4.69, 9.17) is 0 Å². The van der Waals surface area contributed by atoms with E-state index >= 15 is 0 Å². The number of hydrogen-bond donors (Lipinski definition) is 2. The monoisotopic (exact) mass is 267 g/mol. The highest BCUT2D eigenvalue weighted by molar-refractivity contribution is 6.04. The summed E-state index contributed by atoms with van der Waals surface area (Å²) >= 11 is 0. The van der Waals surface area contributed by atoms with Crippen molar-refractivity contribution in [3.63, 3.8) is 0 Å². The molecule has 2 aliphatic rings. The van der Waals surface area contributed by atoms with Gasteiger partial charge in [-0.15, -0.1) is 0 Å². The summed E-state index contributed by atoms with van der Waals surface area (Å²) in [5.41, 5.74) is 0. The van der Waals surface area contributed by atoms with E-state index in [9.17, 15) is 9.59 Å². The van der Waals surface area contributed by atoms with E-state index in [1.165, 1.54) is 4.90 Å². The van der Waals surface area contributed by atoms with Crippen molar-refractivity contribution in [2.75, 3.05) is 20.1 Å². The zero-order valence-corrected chi connectivity index (χ0v) is 11.6. The molecule has 2 rings (SSSR count). The fourth-order valence-corrected chi connectivity index (χ4v) is 2.42. The van der Waals surface area contributed by atoms with Crippen LogP contribution < -0.4 is 10.6 Å². The summed E-state index contributed by atoms with van der Waals surface area (Å²) in [6.07, 6.45) is 1.53. The van der Waals surface area contributed by atoms with Gasteiger partial charge in [-0.1, -0.05) is 13.8 Å². The Balaban J connectivity index is 2.27. The van der Waals surface area contributed by atoms with Gasteiger partial charge in [0.05, 0.1) is 0 Å². The van der Waals surface area contributed by atoms with Crippen LogP contribution in [0.4, 0.5) is 4.79 Å². The number of imide groups is 1. The molecule has 2 unspecified atom stereocenters. The van der Waals surface area contributed by atoms with Crippen LogP contribution in [-0.4, -0.2) is 60.0 Å². The quantitative estimate of drug-likeness (QED) is 0.748. The highest BCUT2D eigenvalue weighted by Crippen LogP contribution is 2.20. The Bertz CT molecular complexity index is 409. The molecule has 0 aromatic heterocycles. The number of hydrogen-bond acceptors (Lipinski definition) is 3. The molecule has 0 saturated carbocycles. The van der Waals surface area contributed by atoms with Crippen LogP contribution >= 0.6 is 0 Å². The van der Waals surface area contributed by atoms with Crippen molar-refractivity contribution >= 4 is 17.9 Å². The molecule has 0 aliphatic carbocycles. The molecule has 7 heteroatoms. The summed E-state index contributed by atoms with van der Waals surface area (Å²) in [7, 11) is 1.68. The minimum Gasteiger partial charge on any atom is -0.334 e. The molecule has 2 aliphatic heterocycles. The molecule has 3 amide bonds. The zero-order chi connectivity index (χ0) is 14.0. The third-order valence-corrected chi connectivity index (χ3v) is 3.37. The highest BCUT2D eigenvalue weighted by Gasteiger charge is 2.49. The molecule has 0 spiro atoms. The van der Waals surface area contributed by atoms with Gasteiger partial charge in [0.15, 0.2) is 12.0 Å². The second kappa shape index (κ2) is 5.46. The molecular weight excluding hydrogens is 246 g/mol. The number of carbonyl (C=O) groups excluding carboxylic acids is 2. The van der Waals surface area contributed by atoms with Gasteiger partial charge in [0.25, 0.3) is 5.91 Å². The average molecular weight is 267 g/mol. The van der Waals surface area contributed by atoms with Crippen molar-refractivity contribution in [3.05, 3.63) is 0 Å². The minimum atomic E-state index is -0.391. The first-order valence-electron chi connectivity index (χ1n) is 6.75. The van der Waals surface area contributed by atoms with E-state index in [2.05, 4.69) is 29.5 Å². The molecule has 7 nitrogen and oxygen atoms in total. The standard InChI is InChI=1S/C12H21N5O2/c1-4-6-13-11-14-9-8(17(11)7-5-2)10(18)15-12(19)16(9)3/h8-9H,4-7H2,1-3H3,(H,13,14)(H,15,18,19). The van der Waals surface area contributed by atoms with E-state index in [-0.39, 0.29) is 18.1 Å². The number of carbonyl (C=O) groups is 2. The molecule has 0 bridgehead atoms. The van der Waals surface area contributed by atoms with Crippen LogP contribution in [-0.2, 0) is 4.79 Å². The number of nitrogens with zero attached hydrogens (tertiary/aromatic N) is 3. The van der Waals surface area contributed by atoms with E-state index in [1.807, 2.05) is 4.90 Å².